The van der Waals surface area contributed by atoms with Crippen LogP contribution in [0.15, 0.2) is 0 Å². The third-order valence-corrected chi connectivity index (χ3v) is 0. The minimum atomic E-state index is 0. The molecule has 1 N–H and O–H groups in total. The van der Waals surface area contributed by atoms with Gasteiger partial charge in [0.05, 0.1) is 0 Å². The van der Waals surface area contributed by atoms with Gasteiger partial charge in [0.15, 0.2) is 0 Å². The molecule has 0 rings (SSSR count). The van der Waals surface area contributed by atoms with E-state index in [1.807, 2.05) is 0 Å². The molecule has 0 aliphatic carbocycles. The van der Waals surface area contributed by atoms with Crippen molar-refractivity contribution in [2.75, 3.05) is 7.11 Å². The van der Waals surface area contributed by atoms with Gasteiger partial charge in [0.1, 0.15) is 0 Å². The van der Waals surface area contributed by atoms with Crippen LogP contribution in [0.1, 0.15) is 0 Å². The molecule has 0 aliphatic rings. The van der Waals surface area contributed by atoms with Crippen LogP contribution < -0.4 is 0 Å². The zero-order valence-corrected chi connectivity index (χ0v) is 5.40. The van der Waals surface area contributed by atoms with Crippen LogP contribution in [0.2, 0.25) is 0 Å². The molecule has 31 valence electrons. The molecular weight excluding hydrogens is 256 g/mol. The van der Waals surface area contributed by atoms with Gasteiger partial charge in [-0.1, -0.05) is 0 Å². The van der Waals surface area contributed by atoms with E-state index in [9.17, 15) is 0 Å². The fourth-order valence-electron chi connectivity index (χ4n) is 0. The Balaban J connectivity index is -0.00000000500. The van der Waals surface area contributed by atoms with Crippen molar-refractivity contribution in [2.24, 2.45) is 0 Å². The minimum Gasteiger partial charge on any atom is -0.400 e. The summed E-state index contributed by atoms with van der Waals surface area (Å²) in [5.74, 6) is 0. The van der Waals surface area contributed by atoms with Crippen LogP contribution in [0.5, 0.6) is 0 Å². The van der Waals surface area contributed by atoms with Gasteiger partial charge < -0.3 is 5.11 Å². The smallest absolute Gasteiger partial charge is 0.0319 e. The third kappa shape index (κ3) is 12.9. The largest absolute Gasteiger partial charge is 0.400 e. The molecule has 0 aromatic heterocycles. The fourth-order valence-corrected chi connectivity index (χ4v) is 0. The van der Waals surface area contributed by atoms with Crippen molar-refractivity contribution >= 4 is 12.4 Å². The first-order valence-corrected chi connectivity index (χ1v) is 0.447. The second-order valence-corrected chi connectivity index (χ2v) is 0. The van der Waals surface area contributed by atoms with Gasteiger partial charge in [-0.2, -0.15) is 0 Å². The van der Waals surface area contributed by atoms with Crippen molar-refractivity contribution in [3.8, 4) is 0 Å². The van der Waals surface area contributed by atoms with E-state index in [0.29, 0.717) is 0 Å². The van der Waals surface area contributed by atoms with E-state index in [2.05, 4.69) is 0 Å². The summed E-state index contributed by atoms with van der Waals surface area (Å²) < 4.78 is 0. The molecule has 0 saturated carbocycles. The summed E-state index contributed by atoms with van der Waals surface area (Å²) in [5.41, 5.74) is 0. The number of hydrogen-bond acceptors (Lipinski definition) is 1. The van der Waals surface area contributed by atoms with Crippen molar-refractivity contribution < 1.29 is 25.2 Å². The van der Waals surface area contributed by atoms with Gasteiger partial charge in [-0.25, -0.2) is 0 Å². The van der Waals surface area contributed by atoms with Crippen molar-refractivity contribution in [1.29, 1.82) is 0 Å². The van der Waals surface area contributed by atoms with Gasteiger partial charge in [0.2, 0.25) is 0 Å². The van der Waals surface area contributed by atoms with E-state index in [0.717, 1.165) is 7.11 Å². The summed E-state index contributed by atoms with van der Waals surface area (Å²) in [6.45, 7) is 0. The average Bonchev–Trinajstić information content (AvgIpc) is 1.00. The topological polar surface area (TPSA) is 20.2 Å². The minimum absolute atomic E-state index is 0. The van der Waals surface area contributed by atoms with E-state index in [4.69, 9.17) is 5.11 Å². The second kappa shape index (κ2) is 40.5. The molecule has 0 fully saturated rings. The van der Waals surface area contributed by atoms with E-state index in [1.54, 1.807) is 0 Å². The van der Waals surface area contributed by atoms with Gasteiger partial charge in [-0.05, 0) is 0 Å². The standard InChI is InChI=1S/CH4O.ClH.Ir/c1-2;;/h2H,1H3;1H;. The molecule has 1 nitrogen and oxygen atoms in total. The Bertz CT molecular complexity index is 8.00. The predicted molar refractivity (Wildman–Crippen MR) is 15.4 cm³/mol. The molecule has 0 amide bonds. The average molecular weight is 261 g/mol. The molecule has 0 atom stereocenters. The van der Waals surface area contributed by atoms with Crippen molar-refractivity contribution in [3.63, 3.8) is 0 Å². The molecule has 0 aliphatic heterocycles. The van der Waals surface area contributed by atoms with Crippen molar-refractivity contribution in [3.05, 3.63) is 0 Å². The maximum Gasteiger partial charge on any atom is 0.0319 e. The van der Waals surface area contributed by atoms with Gasteiger partial charge >= 0.3 is 0 Å². The van der Waals surface area contributed by atoms with Crippen LogP contribution in [0.3, 0.4) is 0 Å². The van der Waals surface area contributed by atoms with E-state index < -0.39 is 0 Å². The van der Waals surface area contributed by atoms with Crippen molar-refractivity contribution in [2.45, 2.75) is 0 Å². The predicted octanol–water partition coefficient (Wildman–Crippen LogP) is 0.0278. The van der Waals surface area contributed by atoms with Crippen LogP contribution >= 0.6 is 12.4 Å². The Morgan fingerprint density at radius 1 is 1.25 bits per heavy atom. The maximum atomic E-state index is 7.00. The Labute approximate surface area is 45.2 Å². The van der Waals surface area contributed by atoms with Crippen LogP contribution in [0.4, 0.5) is 0 Å². The molecule has 0 aromatic carbocycles. The monoisotopic (exact) mass is 261 g/mol. The Kier molecular flexibility index (Phi) is 209. The molecule has 3 heteroatoms. The Morgan fingerprint density at radius 2 is 1.25 bits per heavy atom. The van der Waals surface area contributed by atoms with Gasteiger partial charge in [-0.3, -0.25) is 0 Å². The number of aliphatic hydroxyl groups excluding tert-OH is 1. The van der Waals surface area contributed by atoms with Crippen LogP contribution in [0, 0.1) is 0 Å². The van der Waals surface area contributed by atoms with Crippen LogP contribution in [-0.4, -0.2) is 12.2 Å². The first kappa shape index (κ1) is 20.6. The maximum absolute atomic E-state index is 7.00. The number of hydrogen-bond donors (Lipinski definition) is 1. The van der Waals surface area contributed by atoms with Crippen LogP contribution in [-0.2, 0) is 20.1 Å². The summed E-state index contributed by atoms with van der Waals surface area (Å²) in [7, 11) is 1.00. The molecular formula is CH5ClIrO. The van der Waals surface area contributed by atoms with E-state index in [-0.39, 0.29) is 32.5 Å². The molecule has 1 radical (unpaired) electrons. The van der Waals surface area contributed by atoms with Gasteiger partial charge in [0.25, 0.3) is 0 Å². The summed E-state index contributed by atoms with van der Waals surface area (Å²) in [4.78, 5) is 0. The Morgan fingerprint density at radius 3 is 1.25 bits per heavy atom. The Hall–Kier alpha value is 0.899. The first-order chi connectivity index (χ1) is 1.00. The molecule has 0 bridgehead atoms. The summed E-state index contributed by atoms with van der Waals surface area (Å²) in [6, 6.07) is 0. The van der Waals surface area contributed by atoms with Crippen molar-refractivity contribution in [1.82, 2.24) is 0 Å². The number of aliphatic hydroxyl groups is 1. The number of halogens is 1. The SMILES string of the molecule is CO.Cl.[Ir]. The molecule has 4 heavy (non-hydrogen) atoms. The fraction of sp³-hybridized carbons (Fsp3) is 1.00. The van der Waals surface area contributed by atoms with Gasteiger partial charge in [0, 0.05) is 27.2 Å². The molecule has 0 aromatic rings. The second-order valence-electron chi connectivity index (χ2n) is 0. The first-order valence-electron chi connectivity index (χ1n) is 0.447. The molecule has 0 spiro atoms. The molecule has 0 unspecified atom stereocenters. The summed E-state index contributed by atoms with van der Waals surface area (Å²) in [6.07, 6.45) is 0. The quantitative estimate of drug-likeness (QED) is 0.652. The molecule has 0 saturated heterocycles. The number of rotatable bonds is 0. The zero-order chi connectivity index (χ0) is 2.00. The third-order valence-electron chi connectivity index (χ3n) is 0. The van der Waals surface area contributed by atoms with Crippen LogP contribution in [0.25, 0.3) is 0 Å². The molecule has 0 heterocycles. The normalized spacial score (nSPS) is 1.50. The van der Waals surface area contributed by atoms with Gasteiger partial charge in [-0.15, -0.1) is 12.4 Å². The van der Waals surface area contributed by atoms with E-state index >= 15 is 0 Å². The summed E-state index contributed by atoms with van der Waals surface area (Å²) in [5, 5.41) is 7.00. The summed E-state index contributed by atoms with van der Waals surface area (Å²) >= 11 is 0. The van der Waals surface area contributed by atoms with E-state index in [1.165, 1.54) is 0 Å². The zero-order valence-electron chi connectivity index (χ0n) is 2.19.